The lowest BCUT2D eigenvalue weighted by Crippen LogP contribution is -2.29. The molecule has 0 saturated carbocycles. The van der Waals surface area contributed by atoms with Gasteiger partial charge in [0.05, 0.1) is 0 Å². The molecule has 0 bridgehead atoms. The zero-order valence-electron chi connectivity index (χ0n) is 10.5. The van der Waals surface area contributed by atoms with Crippen molar-refractivity contribution >= 4 is 17.7 Å². The zero-order chi connectivity index (χ0) is 11.8. The molecule has 0 aliphatic carbocycles. The van der Waals surface area contributed by atoms with Gasteiger partial charge in [-0.25, -0.2) is 0 Å². The molecule has 0 aromatic carbocycles. The van der Waals surface area contributed by atoms with E-state index in [1.807, 2.05) is 11.8 Å². The summed E-state index contributed by atoms with van der Waals surface area (Å²) in [4.78, 5) is 13.5. The first-order valence-corrected chi connectivity index (χ1v) is 7.40. The summed E-state index contributed by atoms with van der Waals surface area (Å²) in [7, 11) is 0. The minimum atomic E-state index is 0.205. The largest absolute Gasteiger partial charge is 0.355 e. The van der Waals surface area contributed by atoms with Gasteiger partial charge in [0.1, 0.15) is 0 Å². The lowest BCUT2D eigenvalue weighted by molar-refractivity contribution is -0.120. The fourth-order valence-electron chi connectivity index (χ4n) is 1.75. The van der Waals surface area contributed by atoms with Crippen LogP contribution in [0.5, 0.6) is 0 Å². The van der Waals surface area contributed by atoms with E-state index in [4.69, 9.17) is 0 Å². The van der Waals surface area contributed by atoms with Crippen molar-refractivity contribution in [3.05, 3.63) is 0 Å². The van der Waals surface area contributed by atoms with Crippen molar-refractivity contribution in [2.24, 2.45) is 5.92 Å². The molecule has 1 amide bonds. The third kappa shape index (κ3) is 6.38. The standard InChI is InChI=1S/C12H24N2OS/c1-11(2)10-16-9-3-6-14-7-4-12(15)13-5-8-14/h11H,3-10H2,1-2H3,(H,13,15). The van der Waals surface area contributed by atoms with Crippen molar-refractivity contribution in [3.8, 4) is 0 Å². The van der Waals surface area contributed by atoms with E-state index >= 15 is 0 Å². The summed E-state index contributed by atoms with van der Waals surface area (Å²) in [5.74, 6) is 3.51. The van der Waals surface area contributed by atoms with Crippen LogP contribution in [0.1, 0.15) is 26.7 Å². The number of carbonyl (C=O) groups excluding carboxylic acids is 1. The third-order valence-corrected chi connectivity index (χ3v) is 4.10. The lowest BCUT2D eigenvalue weighted by atomic mass is 10.3. The van der Waals surface area contributed by atoms with Crippen LogP contribution in [-0.4, -0.2) is 48.5 Å². The fraction of sp³-hybridized carbons (Fsp3) is 0.917. The number of nitrogens with zero attached hydrogens (tertiary/aromatic N) is 1. The van der Waals surface area contributed by atoms with E-state index in [-0.39, 0.29) is 5.91 Å². The number of nitrogens with one attached hydrogen (secondary N) is 1. The number of rotatable bonds is 6. The van der Waals surface area contributed by atoms with Gasteiger partial charge < -0.3 is 10.2 Å². The quantitative estimate of drug-likeness (QED) is 0.720. The lowest BCUT2D eigenvalue weighted by Gasteiger charge is -2.18. The second-order valence-electron chi connectivity index (χ2n) is 4.76. The molecule has 1 fully saturated rings. The summed E-state index contributed by atoms with van der Waals surface area (Å²) in [6.07, 6.45) is 1.91. The van der Waals surface area contributed by atoms with Crippen molar-refractivity contribution in [1.29, 1.82) is 0 Å². The van der Waals surface area contributed by atoms with E-state index in [1.54, 1.807) is 0 Å². The van der Waals surface area contributed by atoms with Crippen molar-refractivity contribution in [2.75, 3.05) is 37.7 Å². The Morgan fingerprint density at radius 2 is 2.25 bits per heavy atom. The SMILES string of the molecule is CC(C)CSCCCN1CCNC(=O)CC1. The maximum absolute atomic E-state index is 11.1. The minimum Gasteiger partial charge on any atom is -0.355 e. The van der Waals surface area contributed by atoms with Crippen LogP contribution >= 0.6 is 11.8 Å². The minimum absolute atomic E-state index is 0.205. The van der Waals surface area contributed by atoms with Crippen molar-refractivity contribution in [2.45, 2.75) is 26.7 Å². The van der Waals surface area contributed by atoms with E-state index < -0.39 is 0 Å². The highest BCUT2D eigenvalue weighted by Gasteiger charge is 2.12. The van der Waals surface area contributed by atoms with Gasteiger partial charge in [-0.1, -0.05) is 13.8 Å². The summed E-state index contributed by atoms with van der Waals surface area (Å²) in [6.45, 7) is 8.43. The van der Waals surface area contributed by atoms with Gasteiger partial charge in [0, 0.05) is 26.1 Å². The zero-order valence-corrected chi connectivity index (χ0v) is 11.3. The van der Waals surface area contributed by atoms with Gasteiger partial charge in [-0.3, -0.25) is 4.79 Å². The highest BCUT2D eigenvalue weighted by molar-refractivity contribution is 7.99. The summed E-state index contributed by atoms with van der Waals surface area (Å²) in [6, 6.07) is 0. The number of hydrogen-bond donors (Lipinski definition) is 1. The average molecular weight is 244 g/mol. The van der Waals surface area contributed by atoms with Crippen LogP contribution < -0.4 is 5.32 Å². The van der Waals surface area contributed by atoms with Crippen LogP contribution in [0.2, 0.25) is 0 Å². The molecule has 94 valence electrons. The van der Waals surface area contributed by atoms with Crippen LogP contribution in [-0.2, 0) is 4.79 Å². The second-order valence-corrected chi connectivity index (χ2v) is 5.91. The second kappa shape index (κ2) is 7.96. The predicted octanol–water partition coefficient (Wildman–Crippen LogP) is 1.59. The van der Waals surface area contributed by atoms with Crippen LogP contribution in [0.4, 0.5) is 0 Å². The Hall–Kier alpha value is -0.220. The Balaban J connectivity index is 2.01. The topological polar surface area (TPSA) is 32.3 Å². The average Bonchev–Trinajstić information content (AvgIpc) is 2.43. The van der Waals surface area contributed by atoms with Gasteiger partial charge in [-0.05, 0) is 30.4 Å². The maximum Gasteiger partial charge on any atom is 0.221 e. The van der Waals surface area contributed by atoms with Crippen molar-refractivity contribution in [1.82, 2.24) is 10.2 Å². The van der Waals surface area contributed by atoms with Gasteiger partial charge in [-0.2, -0.15) is 11.8 Å². The monoisotopic (exact) mass is 244 g/mol. The Bertz CT molecular complexity index is 209. The first-order valence-electron chi connectivity index (χ1n) is 6.25. The molecular formula is C12H24N2OS. The normalized spacial score (nSPS) is 18.6. The van der Waals surface area contributed by atoms with E-state index in [0.717, 1.165) is 32.1 Å². The van der Waals surface area contributed by atoms with Gasteiger partial charge in [0.15, 0.2) is 0 Å². The molecule has 1 N–H and O–H groups in total. The highest BCUT2D eigenvalue weighted by atomic mass is 32.2. The van der Waals surface area contributed by atoms with Crippen LogP contribution in [0, 0.1) is 5.92 Å². The van der Waals surface area contributed by atoms with E-state index in [9.17, 15) is 4.79 Å². The molecule has 1 saturated heterocycles. The van der Waals surface area contributed by atoms with Gasteiger partial charge in [-0.15, -0.1) is 0 Å². The molecule has 4 heteroatoms. The maximum atomic E-state index is 11.1. The Morgan fingerprint density at radius 1 is 1.44 bits per heavy atom. The molecular weight excluding hydrogens is 220 g/mol. The molecule has 3 nitrogen and oxygen atoms in total. The molecule has 16 heavy (non-hydrogen) atoms. The van der Waals surface area contributed by atoms with Crippen molar-refractivity contribution < 1.29 is 4.79 Å². The molecule has 1 aliphatic rings. The van der Waals surface area contributed by atoms with E-state index in [1.165, 1.54) is 17.9 Å². The Morgan fingerprint density at radius 3 is 3.00 bits per heavy atom. The first kappa shape index (κ1) is 13.8. The summed E-state index contributed by atoms with van der Waals surface area (Å²) < 4.78 is 0. The first-order chi connectivity index (χ1) is 7.68. The molecule has 0 aromatic rings. The summed E-state index contributed by atoms with van der Waals surface area (Å²) >= 11 is 2.05. The molecule has 1 aliphatic heterocycles. The molecule has 1 heterocycles. The Labute approximate surface area is 103 Å². The molecule has 0 spiro atoms. The highest BCUT2D eigenvalue weighted by Crippen LogP contribution is 2.09. The van der Waals surface area contributed by atoms with Crippen LogP contribution in [0.25, 0.3) is 0 Å². The third-order valence-electron chi connectivity index (χ3n) is 2.62. The van der Waals surface area contributed by atoms with E-state index in [0.29, 0.717) is 6.42 Å². The molecule has 0 aromatic heterocycles. The summed E-state index contributed by atoms with van der Waals surface area (Å²) in [5.41, 5.74) is 0. The van der Waals surface area contributed by atoms with Gasteiger partial charge in [0.25, 0.3) is 0 Å². The number of thioether (sulfide) groups is 1. The molecule has 1 rings (SSSR count). The van der Waals surface area contributed by atoms with Crippen LogP contribution in [0.15, 0.2) is 0 Å². The van der Waals surface area contributed by atoms with Gasteiger partial charge in [0.2, 0.25) is 5.91 Å². The number of amides is 1. The van der Waals surface area contributed by atoms with Gasteiger partial charge >= 0.3 is 0 Å². The Kier molecular flexibility index (Phi) is 6.88. The smallest absolute Gasteiger partial charge is 0.221 e. The van der Waals surface area contributed by atoms with E-state index in [2.05, 4.69) is 24.1 Å². The van der Waals surface area contributed by atoms with Crippen LogP contribution in [0.3, 0.4) is 0 Å². The van der Waals surface area contributed by atoms with Crippen molar-refractivity contribution in [3.63, 3.8) is 0 Å². The summed E-state index contributed by atoms with van der Waals surface area (Å²) in [5, 5.41) is 2.91. The number of carbonyl (C=O) groups is 1. The molecule has 0 radical (unpaired) electrons. The number of hydrogen-bond acceptors (Lipinski definition) is 3. The molecule has 0 unspecified atom stereocenters. The molecule has 0 atom stereocenters. The predicted molar refractivity (Wildman–Crippen MR) is 70.8 cm³/mol. The fourth-order valence-corrected chi connectivity index (χ4v) is 2.72.